The maximum atomic E-state index is 13.7. The summed E-state index contributed by atoms with van der Waals surface area (Å²) >= 11 is 0. The molecule has 1 N–H and O–H groups in total. The van der Waals surface area contributed by atoms with E-state index in [9.17, 15) is 13.6 Å². The lowest BCUT2D eigenvalue weighted by Gasteiger charge is -2.26. The third kappa shape index (κ3) is 3.59. The number of rotatable bonds is 5. The molecule has 4 nitrogen and oxygen atoms in total. The summed E-state index contributed by atoms with van der Waals surface area (Å²) in [5, 5.41) is 2.72. The minimum absolute atomic E-state index is 0.0834. The minimum atomic E-state index is -0.863. The van der Waals surface area contributed by atoms with E-state index in [-0.39, 0.29) is 11.6 Å². The molecule has 1 unspecified atom stereocenters. The Morgan fingerprint density at radius 2 is 2.04 bits per heavy atom. The van der Waals surface area contributed by atoms with E-state index in [4.69, 9.17) is 4.42 Å². The van der Waals surface area contributed by atoms with Gasteiger partial charge < -0.3 is 9.73 Å². The van der Waals surface area contributed by atoms with Gasteiger partial charge in [0.2, 0.25) is 0 Å². The van der Waals surface area contributed by atoms with E-state index in [0.717, 1.165) is 43.8 Å². The predicted molar refractivity (Wildman–Crippen MR) is 80.9 cm³/mol. The lowest BCUT2D eigenvalue weighted by Crippen LogP contribution is -2.36. The van der Waals surface area contributed by atoms with Crippen LogP contribution in [-0.4, -0.2) is 30.4 Å². The summed E-state index contributed by atoms with van der Waals surface area (Å²) in [5.74, 6) is -1.35. The summed E-state index contributed by atoms with van der Waals surface area (Å²) in [6.45, 7) is 2.18. The Morgan fingerprint density at radius 1 is 1.26 bits per heavy atom. The lowest BCUT2D eigenvalue weighted by molar-refractivity contribution is 0.0929. The van der Waals surface area contributed by atoms with Gasteiger partial charge in [-0.25, -0.2) is 8.78 Å². The van der Waals surface area contributed by atoms with Gasteiger partial charge in [-0.3, -0.25) is 9.69 Å². The number of nitrogens with zero attached hydrogens (tertiary/aromatic N) is 1. The van der Waals surface area contributed by atoms with Crippen LogP contribution in [0.25, 0.3) is 0 Å². The molecule has 1 aromatic carbocycles. The lowest BCUT2D eigenvalue weighted by atomic mass is 10.1. The number of benzene rings is 1. The largest absolute Gasteiger partial charge is 0.468 e. The van der Waals surface area contributed by atoms with E-state index in [1.54, 1.807) is 12.3 Å². The quantitative estimate of drug-likeness (QED) is 0.920. The van der Waals surface area contributed by atoms with Crippen molar-refractivity contribution in [2.45, 2.75) is 18.9 Å². The third-order valence-electron chi connectivity index (χ3n) is 4.08. The highest BCUT2D eigenvalue weighted by Gasteiger charge is 2.26. The molecule has 0 bridgehead atoms. The molecule has 1 atom stereocenters. The summed E-state index contributed by atoms with van der Waals surface area (Å²) in [4.78, 5) is 14.4. The fourth-order valence-electron chi connectivity index (χ4n) is 2.90. The molecule has 1 amide bonds. The van der Waals surface area contributed by atoms with Crippen molar-refractivity contribution >= 4 is 5.91 Å². The number of halogens is 2. The zero-order valence-corrected chi connectivity index (χ0v) is 12.6. The fraction of sp³-hybridized carbons (Fsp3) is 0.353. The first-order valence-electron chi connectivity index (χ1n) is 7.66. The number of furan rings is 1. The Morgan fingerprint density at radius 3 is 2.70 bits per heavy atom. The van der Waals surface area contributed by atoms with Gasteiger partial charge in [0.15, 0.2) is 0 Å². The van der Waals surface area contributed by atoms with Crippen molar-refractivity contribution in [2.75, 3.05) is 19.6 Å². The highest BCUT2D eigenvalue weighted by atomic mass is 19.1. The average Bonchev–Trinajstić information content (AvgIpc) is 3.21. The first kappa shape index (κ1) is 15.7. The molecule has 122 valence electrons. The monoisotopic (exact) mass is 320 g/mol. The molecule has 1 saturated heterocycles. The van der Waals surface area contributed by atoms with Crippen molar-refractivity contribution < 1.29 is 18.0 Å². The van der Waals surface area contributed by atoms with Crippen LogP contribution in [0.1, 0.15) is 35.0 Å². The van der Waals surface area contributed by atoms with Gasteiger partial charge in [-0.2, -0.15) is 0 Å². The summed E-state index contributed by atoms with van der Waals surface area (Å²) in [6.07, 6.45) is 3.81. The normalized spacial score (nSPS) is 16.4. The van der Waals surface area contributed by atoms with E-state index in [0.29, 0.717) is 12.6 Å². The van der Waals surface area contributed by atoms with Crippen molar-refractivity contribution in [3.05, 3.63) is 59.6 Å². The average molecular weight is 320 g/mol. The molecule has 0 saturated carbocycles. The molecule has 1 aromatic heterocycles. The number of carbonyl (C=O) groups is 1. The second-order valence-corrected chi connectivity index (χ2v) is 5.61. The molecule has 2 aromatic rings. The number of hydrogen-bond acceptors (Lipinski definition) is 3. The first-order valence-corrected chi connectivity index (χ1v) is 7.66. The Labute approximate surface area is 133 Å². The topological polar surface area (TPSA) is 45.5 Å². The summed E-state index contributed by atoms with van der Waals surface area (Å²) in [6, 6.07) is 6.52. The van der Waals surface area contributed by atoms with Gasteiger partial charge in [-0.15, -0.1) is 0 Å². The number of hydrogen-bond donors (Lipinski definition) is 1. The summed E-state index contributed by atoms with van der Waals surface area (Å²) in [7, 11) is 0. The molecule has 1 fully saturated rings. The molecule has 2 heterocycles. The molecule has 1 aliphatic rings. The van der Waals surface area contributed by atoms with Crippen molar-refractivity contribution in [1.82, 2.24) is 10.2 Å². The smallest absolute Gasteiger partial charge is 0.254 e. The highest BCUT2D eigenvalue weighted by molar-refractivity contribution is 5.94. The van der Waals surface area contributed by atoms with Crippen LogP contribution in [-0.2, 0) is 0 Å². The van der Waals surface area contributed by atoms with Crippen molar-refractivity contribution in [3.63, 3.8) is 0 Å². The van der Waals surface area contributed by atoms with E-state index in [2.05, 4.69) is 10.2 Å². The van der Waals surface area contributed by atoms with Crippen LogP contribution >= 0.6 is 0 Å². The number of amides is 1. The Hall–Kier alpha value is -2.21. The third-order valence-corrected chi connectivity index (χ3v) is 4.08. The van der Waals surface area contributed by atoms with Crippen molar-refractivity contribution in [1.29, 1.82) is 0 Å². The fourth-order valence-corrected chi connectivity index (χ4v) is 2.90. The maximum Gasteiger partial charge on any atom is 0.254 e. The van der Waals surface area contributed by atoms with Gasteiger partial charge >= 0.3 is 0 Å². The highest BCUT2D eigenvalue weighted by Crippen LogP contribution is 2.25. The Balaban J connectivity index is 1.69. The molecule has 0 aliphatic carbocycles. The van der Waals surface area contributed by atoms with Crippen LogP contribution in [0.4, 0.5) is 8.78 Å². The SMILES string of the molecule is O=C(NCC(c1ccco1)N1CCCC1)c1ccc(F)cc1F. The zero-order valence-electron chi connectivity index (χ0n) is 12.6. The van der Waals surface area contributed by atoms with Crippen LogP contribution < -0.4 is 5.32 Å². The first-order chi connectivity index (χ1) is 11.1. The second-order valence-electron chi connectivity index (χ2n) is 5.61. The van der Waals surface area contributed by atoms with Crippen molar-refractivity contribution in [2.24, 2.45) is 0 Å². The standard InChI is InChI=1S/C17H18F2N2O2/c18-12-5-6-13(14(19)10-12)17(22)20-11-15(16-4-3-9-23-16)21-7-1-2-8-21/h3-6,9-10,15H,1-2,7-8,11H2,(H,20,22). The van der Waals surface area contributed by atoms with Gasteiger partial charge in [-0.05, 0) is 50.2 Å². The predicted octanol–water partition coefficient (Wildman–Crippen LogP) is 3.12. The molecule has 23 heavy (non-hydrogen) atoms. The van der Waals surface area contributed by atoms with E-state index in [1.807, 2.05) is 6.07 Å². The number of carbonyl (C=O) groups excluding carboxylic acids is 1. The molecule has 6 heteroatoms. The molecular weight excluding hydrogens is 302 g/mol. The molecule has 3 rings (SSSR count). The second kappa shape index (κ2) is 6.91. The van der Waals surface area contributed by atoms with E-state index in [1.165, 1.54) is 0 Å². The van der Waals surface area contributed by atoms with Crippen molar-refractivity contribution in [3.8, 4) is 0 Å². The van der Waals surface area contributed by atoms with Crippen LogP contribution in [0.2, 0.25) is 0 Å². The number of nitrogens with one attached hydrogen (secondary N) is 1. The number of likely N-dealkylation sites (tertiary alicyclic amines) is 1. The molecule has 1 aliphatic heterocycles. The van der Waals surface area contributed by atoms with E-state index < -0.39 is 17.5 Å². The zero-order chi connectivity index (χ0) is 16.2. The molecule has 0 spiro atoms. The van der Waals surface area contributed by atoms with Crippen LogP contribution in [0.5, 0.6) is 0 Å². The van der Waals surface area contributed by atoms with Gasteiger partial charge in [-0.1, -0.05) is 0 Å². The van der Waals surface area contributed by atoms with Gasteiger partial charge in [0, 0.05) is 12.6 Å². The summed E-state index contributed by atoms with van der Waals surface area (Å²) < 4.78 is 32.1. The van der Waals surface area contributed by atoms with Gasteiger partial charge in [0.25, 0.3) is 5.91 Å². The van der Waals surface area contributed by atoms with E-state index >= 15 is 0 Å². The van der Waals surface area contributed by atoms with Gasteiger partial charge in [0.05, 0.1) is 17.9 Å². The Kier molecular flexibility index (Phi) is 4.71. The molecular formula is C17H18F2N2O2. The van der Waals surface area contributed by atoms with Crippen LogP contribution in [0.3, 0.4) is 0 Å². The summed E-state index contributed by atoms with van der Waals surface area (Å²) in [5.41, 5.74) is -0.161. The Bertz CT molecular complexity index is 667. The minimum Gasteiger partial charge on any atom is -0.468 e. The van der Waals surface area contributed by atoms with Crippen LogP contribution in [0.15, 0.2) is 41.0 Å². The molecule has 0 radical (unpaired) electrons. The van der Waals surface area contributed by atoms with Gasteiger partial charge in [0.1, 0.15) is 17.4 Å². The maximum absolute atomic E-state index is 13.7. The van der Waals surface area contributed by atoms with Crippen LogP contribution in [0, 0.1) is 11.6 Å².